The average Bonchev–Trinajstić information content (AvgIpc) is 3.13. The summed E-state index contributed by atoms with van der Waals surface area (Å²) >= 11 is 1.62. The van der Waals surface area contributed by atoms with Gasteiger partial charge in [-0.15, -0.1) is 11.3 Å². The first-order chi connectivity index (χ1) is 9.67. The van der Waals surface area contributed by atoms with Crippen LogP contribution in [0.5, 0.6) is 0 Å². The smallest absolute Gasteiger partial charge is 0.129 e. The Bertz CT molecular complexity index is 486. The summed E-state index contributed by atoms with van der Waals surface area (Å²) in [6.07, 6.45) is 4.28. The highest BCUT2D eigenvalue weighted by molar-refractivity contribution is 7.13. The van der Waals surface area contributed by atoms with Crippen LogP contribution in [0, 0.1) is 0 Å². The third-order valence-electron chi connectivity index (χ3n) is 4.70. The molecule has 3 heterocycles. The normalized spacial score (nSPS) is 22.7. The Balaban J connectivity index is 1.80. The van der Waals surface area contributed by atoms with Crippen LogP contribution in [-0.2, 0) is 4.74 Å². The zero-order valence-electron chi connectivity index (χ0n) is 12.1. The maximum absolute atomic E-state index is 10.9. The standard InChI is InChI=1S/C16H23NO2S/c1-3-19-12(2)13-6-7-14(20-13)15(18)16-8-4-10-17(16)11-5-9-16/h6-7,15,18H,2-5,8-11H2,1H3. The minimum atomic E-state index is -0.374. The average molecular weight is 293 g/mol. The second kappa shape index (κ2) is 5.51. The van der Waals surface area contributed by atoms with Gasteiger partial charge in [-0.25, -0.2) is 0 Å². The molecule has 1 unspecified atom stereocenters. The van der Waals surface area contributed by atoms with Crippen LogP contribution in [0.25, 0.3) is 5.76 Å². The van der Waals surface area contributed by atoms with Gasteiger partial charge in [-0.1, -0.05) is 6.58 Å². The van der Waals surface area contributed by atoms with Crippen LogP contribution in [0.15, 0.2) is 18.7 Å². The summed E-state index contributed by atoms with van der Waals surface area (Å²) in [5, 5.41) is 10.9. The minimum absolute atomic E-state index is 0.00489. The van der Waals surface area contributed by atoms with Crippen molar-refractivity contribution >= 4 is 17.1 Å². The van der Waals surface area contributed by atoms with Gasteiger partial charge in [-0.2, -0.15) is 0 Å². The van der Waals surface area contributed by atoms with Gasteiger partial charge in [0.25, 0.3) is 0 Å². The van der Waals surface area contributed by atoms with Gasteiger partial charge >= 0.3 is 0 Å². The maximum Gasteiger partial charge on any atom is 0.129 e. The molecule has 3 nitrogen and oxygen atoms in total. The van der Waals surface area contributed by atoms with E-state index in [1.165, 1.54) is 12.8 Å². The van der Waals surface area contributed by atoms with Crippen LogP contribution < -0.4 is 0 Å². The monoisotopic (exact) mass is 293 g/mol. The molecular formula is C16H23NO2S. The first-order valence-corrected chi connectivity index (χ1v) is 8.34. The lowest BCUT2D eigenvalue weighted by Gasteiger charge is -2.36. The van der Waals surface area contributed by atoms with Crippen molar-refractivity contribution < 1.29 is 9.84 Å². The summed E-state index contributed by atoms with van der Waals surface area (Å²) in [7, 11) is 0. The molecule has 1 aromatic heterocycles. The van der Waals surface area contributed by atoms with Gasteiger partial charge in [0.1, 0.15) is 11.9 Å². The van der Waals surface area contributed by atoms with E-state index in [0.29, 0.717) is 12.4 Å². The molecule has 4 heteroatoms. The van der Waals surface area contributed by atoms with Gasteiger partial charge in [0.2, 0.25) is 0 Å². The Morgan fingerprint density at radius 1 is 1.45 bits per heavy atom. The molecule has 2 fully saturated rings. The summed E-state index contributed by atoms with van der Waals surface area (Å²) in [6, 6.07) is 4.06. The lowest BCUT2D eigenvalue weighted by molar-refractivity contribution is 0.0175. The molecule has 0 aliphatic carbocycles. The summed E-state index contributed by atoms with van der Waals surface area (Å²) < 4.78 is 5.46. The number of rotatable bonds is 5. The summed E-state index contributed by atoms with van der Waals surface area (Å²) in [5.41, 5.74) is -0.00489. The Morgan fingerprint density at radius 2 is 2.15 bits per heavy atom. The number of hydrogen-bond acceptors (Lipinski definition) is 4. The fourth-order valence-corrected chi connectivity index (χ4v) is 4.79. The molecule has 2 aliphatic rings. The topological polar surface area (TPSA) is 32.7 Å². The molecule has 1 aromatic rings. The van der Waals surface area contributed by atoms with E-state index in [-0.39, 0.29) is 11.6 Å². The third kappa shape index (κ3) is 2.20. The number of thiophene rings is 1. The third-order valence-corrected chi connectivity index (χ3v) is 5.88. The van der Waals surface area contributed by atoms with Crippen molar-refractivity contribution in [1.29, 1.82) is 0 Å². The second-order valence-electron chi connectivity index (χ2n) is 5.76. The predicted octanol–water partition coefficient (Wildman–Crippen LogP) is 3.42. The van der Waals surface area contributed by atoms with E-state index in [2.05, 4.69) is 11.5 Å². The fraction of sp³-hybridized carbons (Fsp3) is 0.625. The highest BCUT2D eigenvalue weighted by Gasteiger charge is 2.50. The summed E-state index contributed by atoms with van der Waals surface area (Å²) in [4.78, 5) is 4.57. The Hall–Kier alpha value is -0.840. The van der Waals surface area contributed by atoms with Gasteiger partial charge in [-0.05, 0) is 57.8 Å². The van der Waals surface area contributed by atoms with E-state index in [9.17, 15) is 5.11 Å². The first-order valence-electron chi connectivity index (χ1n) is 7.52. The zero-order chi connectivity index (χ0) is 14.2. The van der Waals surface area contributed by atoms with E-state index in [1.54, 1.807) is 11.3 Å². The van der Waals surface area contributed by atoms with E-state index in [4.69, 9.17) is 4.74 Å². The van der Waals surface area contributed by atoms with Crippen molar-refractivity contribution in [2.45, 2.75) is 44.2 Å². The molecule has 0 radical (unpaired) electrons. The second-order valence-corrected chi connectivity index (χ2v) is 6.87. The number of hydrogen-bond donors (Lipinski definition) is 1. The zero-order valence-corrected chi connectivity index (χ0v) is 12.9. The van der Waals surface area contributed by atoms with Crippen LogP contribution in [0.3, 0.4) is 0 Å². The van der Waals surface area contributed by atoms with Crippen molar-refractivity contribution in [3.63, 3.8) is 0 Å². The minimum Gasteiger partial charge on any atom is -0.493 e. The van der Waals surface area contributed by atoms with E-state index >= 15 is 0 Å². The summed E-state index contributed by atoms with van der Waals surface area (Å²) in [5.74, 6) is 0.711. The van der Waals surface area contributed by atoms with Crippen molar-refractivity contribution in [2.24, 2.45) is 0 Å². The molecule has 1 atom stereocenters. The van der Waals surface area contributed by atoms with Crippen LogP contribution in [0.1, 0.15) is 48.5 Å². The highest BCUT2D eigenvalue weighted by Crippen LogP contribution is 2.48. The van der Waals surface area contributed by atoms with Gasteiger partial charge in [0.15, 0.2) is 0 Å². The van der Waals surface area contributed by atoms with Crippen LogP contribution in [0.4, 0.5) is 0 Å². The Labute approximate surface area is 124 Å². The van der Waals surface area contributed by atoms with Crippen LogP contribution in [0.2, 0.25) is 0 Å². The molecule has 20 heavy (non-hydrogen) atoms. The lowest BCUT2D eigenvalue weighted by atomic mass is 9.87. The van der Waals surface area contributed by atoms with Gasteiger partial charge in [0.05, 0.1) is 17.0 Å². The quantitative estimate of drug-likeness (QED) is 0.844. The van der Waals surface area contributed by atoms with E-state index in [0.717, 1.165) is 35.7 Å². The molecule has 110 valence electrons. The van der Waals surface area contributed by atoms with Crippen LogP contribution >= 0.6 is 11.3 Å². The van der Waals surface area contributed by atoms with Crippen molar-refractivity contribution in [3.8, 4) is 0 Å². The molecule has 0 bridgehead atoms. The van der Waals surface area contributed by atoms with Crippen molar-refractivity contribution in [3.05, 3.63) is 28.5 Å². The van der Waals surface area contributed by atoms with Gasteiger partial charge < -0.3 is 9.84 Å². The Morgan fingerprint density at radius 3 is 2.80 bits per heavy atom. The first kappa shape index (κ1) is 14.1. The summed E-state index contributed by atoms with van der Waals surface area (Å²) in [6.45, 7) is 8.82. The number of fused-ring (bicyclic) bond motifs is 1. The van der Waals surface area contributed by atoms with E-state index < -0.39 is 0 Å². The van der Waals surface area contributed by atoms with Crippen molar-refractivity contribution in [1.82, 2.24) is 4.90 Å². The molecule has 2 saturated heterocycles. The Kier molecular flexibility index (Phi) is 3.89. The highest BCUT2D eigenvalue weighted by atomic mass is 32.1. The molecular weight excluding hydrogens is 270 g/mol. The van der Waals surface area contributed by atoms with Gasteiger partial charge in [-0.3, -0.25) is 4.90 Å². The molecule has 2 aliphatic heterocycles. The fourth-order valence-electron chi connectivity index (χ4n) is 3.76. The molecule has 0 amide bonds. The lowest BCUT2D eigenvalue weighted by Crippen LogP contribution is -2.43. The largest absolute Gasteiger partial charge is 0.493 e. The van der Waals surface area contributed by atoms with E-state index in [1.807, 2.05) is 19.1 Å². The van der Waals surface area contributed by atoms with Crippen molar-refractivity contribution in [2.75, 3.05) is 19.7 Å². The molecule has 0 saturated carbocycles. The number of ether oxygens (including phenoxy) is 1. The molecule has 3 rings (SSSR count). The van der Waals surface area contributed by atoms with Crippen LogP contribution in [-0.4, -0.2) is 35.2 Å². The number of aliphatic hydroxyl groups is 1. The van der Waals surface area contributed by atoms with Gasteiger partial charge in [0, 0.05) is 4.88 Å². The maximum atomic E-state index is 10.9. The number of aliphatic hydroxyl groups excluding tert-OH is 1. The number of nitrogens with zero attached hydrogens (tertiary/aromatic N) is 1. The molecule has 1 N–H and O–H groups in total. The predicted molar refractivity (Wildman–Crippen MR) is 82.7 cm³/mol. The molecule has 0 aromatic carbocycles. The SMILES string of the molecule is C=C(OCC)c1ccc(C(O)C23CCCN2CCC3)s1. The molecule has 0 spiro atoms.